The molecule has 0 amide bonds. The summed E-state index contributed by atoms with van der Waals surface area (Å²) < 4.78 is 12.8. The van der Waals surface area contributed by atoms with Crippen LogP contribution in [0.2, 0.25) is 0 Å². The molecule has 0 atom stereocenters. The van der Waals surface area contributed by atoms with Gasteiger partial charge in [-0.2, -0.15) is 0 Å². The highest BCUT2D eigenvalue weighted by molar-refractivity contribution is 6.19. The van der Waals surface area contributed by atoms with Crippen LogP contribution in [0, 0.1) is 0 Å². The lowest BCUT2D eigenvalue weighted by molar-refractivity contribution is 0.670. The third-order valence-corrected chi connectivity index (χ3v) is 10.9. The SMILES string of the molecule is c1ccc(-c2ccccc2N(c2ccc(-c3cc4c5ccccc5oc4c4ccccc34)cc2)c2ccc(-c3cccc4c3oc3ccccc34)cc2)cc1. The van der Waals surface area contributed by atoms with Crippen LogP contribution in [-0.2, 0) is 0 Å². The van der Waals surface area contributed by atoms with Crippen molar-refractivity contribution in [2.24, 2.45) is 0 Å². The van der Waals surface area contributed by atoms with E-state index in [9.17, 15) is 0 Å². The largest absolute Gasteiger partial charge is 0.455 e. The van der Waals surface area contributed by atoms with E-state index in [4.69, 9.17) is 8.83 Å². The first-order valence-electron chi connectivity index (χ1n) is 18.7. The summed E-state index contributed by atoms with van der Waals surface area (Å²) in [6, 6.07) is 70.9. The zero-order valence-electron chi connectivity index (χ0n) is 29.8. The molecular formula is C52H33NO2. The maximum atomic E-state index is 6.42. The summed E-state index contributed by atoms with van der Waals surface area (Å²) in [7, 11) is 0. The van der Waals surface area contributed by atoms with Gasteiger partial charge in [0.05, 0.1) is 5.69 Å². The van der Waals surface area contributed by atoms with Crippen LogP contribution < -0.4 is 4.90 Å². The highest BCUT2D eigenvalue weighted by Crippen LogP contribution is 2.44. The van der Waals surface area contributed by atoms with E-state index in [-0.39, 0.29) is 0 Å². The molecule has 0 N–H and O–H groups in total. The monoisotopic (exact) mass is 703 g/mol. The standard InChI is InChI=1S/C52H33NO2/c1-2-13-34(14-3-1)39-15-6-9-22-48(39)53(37-29-25-35(26-30-37)40-20-12-21-45-42-17-7-10-23-49(42)54-51(40)45)38-31-27-36(28-32-38)46-33-47-43-18-8-11-24-50(43)55-52(47)44-19-5-4-16-41(44)46/h1-33H. The summed E-state index contributed by atoms with van der Waals surface area (Å²) in [6.07, 6.45) is 0. The second-order valence-corrected chi connectivity index (χ2v) is 14.0. The van der Waals surface area contributed by atoms with Crippen molar-refractivity contribution < 1.29 is 8.83 Å². The van der Waals surface area contributed by atoms with Crippen LogP contribution in [-0.4, -0.2) is 0 Å². The Bertz CT molecular complexity index is 3190. The molecule has 2 aromatic heterocycles. The maximum Gasteiger partial charge on any atom is 0.143 e. The van der Waals surface area contributed by atoms with Crippen molar-refractivity contribution in [3.63, 3.8) is 0 Å². The van der Waals surface area contributed by atoms with E-state index in [1.54, 1.807) is 0 Å². The van der Waals surface area contributed by atoms with Gasteiger partial charge in [0.25, 0.3) is 0 Å². The number of nitrogens with zero attached hydrogens (tertiary/aromatic N) is 1. The predicted molar refractivity (Wildman–Crippen MR) is 229 cm³/mol. The summed E-state index contributed by atoms with van der Waals surface area (Å²) in [4.78, 5) is 2.36. The van der Waals surface area contributed by atoms with Crippen molar-refractivity contribution in [2.45, 2.75) is 0 Å². The summed E-state index contributed by atoms with van der Waals surface area (Å²) >= 11 is 0. The molecule has 3 heteroatoms. The zero-order chi connectivity index (χ0) is 36.3. The number of hydrogen-bond donors (Lipinski definition) is 0. The smallest absolute Gasteiger partial charge is 0.143 e. The van der Waals surface area contributed by atoms with Crippen LogP contribution in [0.25, 0.3) is 88.0 Å². The molecule has 0 saturated carbocycles. The van der Waals surface area contributed by atoms with E-state index in [1.807, 2.05) is 24.3 Å². The Hall–Kier alpha value is -7.36. The molecule has 2 heterocycles. The van der Waals surface area contributed by atoms with Gasteiger partial charge in [0, 0.05) is 49.4 Å². The molecule has 9 aromatic carbocycles. The number of benzene rings is 9. The normalized spacial score (nSPS) is 11.6. The average Bonchev–Trinajstić information content (AvgIpc) is 3.83. The molecule has 3 nitrogen and oxygen atoms in total. The average molecular weight is 704 g/mol. The van der Waals surface area contributed by atoms with Gasteiger partial charge in [0.2, 0.25) is 0 Å². The molecule has 0 spiro atoms. The maximum absolute atomic E-state index is 6.42. The summed E-state index contributed by atoms with van der Waals surface area (Å²) in [5.41, 5.74) is 13.7. The first-order chi connectivity index (χ1) is 27.3. The zero-order valence-corrected chi connectivity index (χ0v) is 29.8. The van der Waals surface area contributed by atoms with E-state index in [1.165, 1.54) is 16.5 Å². The van der Waals surface area contributed by atoms with E-state index < -0.39 is 0 Å². The second kappa shape index (κ2) is 12.6. The molecule has 0 fully saturated rings. The molecule has 258 valence electrons. The summed E-state index contributed by atoms with van der Waals surface area (Å²) in [5.74, 6) is 0. The fourth-order valence-electron chi connectivity index (χ4n) is 8.30. The van der Waals surface area contributed by atoms with Crippen LogP contribution in [0.15, 0.2) is 209 Å². The van der Waals surface area contributed by atoms with Gasteiger partial charge in [0.1, 0.15) is 22.3 Å². The number of anilines is 3. The number of rotatable bonds is 6. The highest BCUT2D eigenvalue weighted by atomic mass is 16.3. The fraction of sp³-hybridized carbons (Fsp3) is 0. The minimum Gasteiger partial charge on any atom is -0.455 e. The van der Waals surface area contributed by atoms with E-state index in [0.29, 0.717) is 0 Å². The Kier molecular flexibility index (Phi) is 7.17. The van der Waals surface area contributed by atoms with Gasteiger partial charge in [0.15, 0.2) is 0 Å². The lowest BCUT2D eigenvalue weighted by Crippen LogP contribution is -2.11. The van der Waals surface area contributed by atoms with Gasteiger partial charge in [-0.25, -0.2) is 0 Å². The van der Waals surface area contributed by atoms with Gasteiger partial charge in [-0.1, -0.05) is 152 Å². The van der Waals surface area contributed by atoms with E-state index in [2.05, 4.69) is 181 Å². The van der Waals surface area contributed by atoms with Crippen LogP contribution in [0.5, 0.6) is 0 Å². The van der Waals surface area contributed by atoms with Crippen molar-refractivity contribution in [3.8, 4) is 33.4 Å². The molecule has 11 aromatic rings. The van der Waals surface area contributed by atoms with Crippen molar-refractivity contribution >= 4 is 71.7 Å². The Morgan fingerprint density at radius 1 is 0.291 bits per heavy atom. The lowest BCUT2D eigenvalue weighted by Gasteiger charge is -2.28. The van der Waals surface area contributed by atoms with Gasteiger partial charge < -0.3 is 13.7 Å². The molecule has 0 aliphatic carbocycles. The Morgan fingerprint density at radius 2 is 0.764 bits per heavy atom. The van der Waals surface area contributed by atoms with E-state index >= 15 is 0 Å². The van der Waals surface area contributed by atoms with E-state index in [0.717, 1.165) is 88.6 Å². The number of hydrogen-bond acceptors (Lipinski definition) is 3. The van der Waals surface area contributed by atoms with Crippen molar-refractivity contribution in [1.29, 1.82) is 0 Å². The number of para-hydroxylation sites is 4. The molecular weight excluding hydrogens is 671 g/mol. The molecule has 0 radical (unpaired) electrons. The Morgan fingerprint density at radius 3 is 1.47 bits per heavy atom. The molecule has 0 bridgehead atoms. The quantitative estimate of drug-likeness (QED) is 0.173. The minimum absolute atomic E-state index is 0.903. The van der Waals surface area contributed by atoms with Gasteiger partial charge >= 0.3 is 0 Å². The Labute approximate surface area is 317 Å². The summed E-state index contributed by atoms with van der Waals surface area (Å²) in [6.45, 7) is 0. The number of fused-ring (bicyclic) bond motifs is 8. The molecule has 0 saturated heterocycles. The molecule has 0 aliphatic rings. The topological polar surface area (TPSA) is 29.5 Å². The van der Waals surface area contributed by atoms with Gasteiger partial charge in [-0.05, 0) is 76.2 Å². The highest BCUT2D eigenvalue weighted by Gasteiger charge is 2.20. The van der Waals surface area contributed by atoms with Crippen LogP contribution >= 0.6 is 0 Å². The third kappa shape index (κ3) is 5.13. The Balaban J connectivity index is 1.05. The molecule has 11 rings (SSSR count). The summed E-state index contributed by atoms with van der Waals surface area (Å²) in [5, 5.41) is 6.81. The predicted octanol–water partition coefficient (Wildman–Crippen LogP) is 15.1. The molecule has 55 heavy (non-hydrogen) atoms. The number of furan rings is 2. The van der Waals surface area contributed by atoms with Crippen molar-refractivity contribution in [1.82, 2.24) is 0 Å². The molecule has 0 unspecified atom stereocenters. The van der Waals surface area contributed by atoms with Crippen LogP contribution in [0.1, 0.15) is 0 Å². The minimum atomic E-state index is 0.903. The van der Waals surface area contributed by atoms with Crippen molar-refractivity contribution in [2.75, 3.05) is 4.90 Å². The second-order valence-electron chi connectivity index (χ2n) is 14.0. The van der Waals surface area contributed by atoms with Crippen LogP contribution in [0.4, 0.5) is 17.1 Å². The van der Waals surface area contributed by atoms with Crippen LogP contribution in [0.3, 0.4) is 0 Å². The lowest BCUT2D eigenvalue weighted by atomic mass is 9.95. The van der Waals surface area contributed by atoms with Crippen molar-refractivity contribution in [3.05, 3.63) is 200 Å². The third-order valence-electron chi connectivity index (χ3n) is 10.9. The first-order valence-corrected chi connectivity index (χ1v) is 18.7. The fourth-order valence-corrected chi connectivity index (χ4v) is 8.30. The van der Waals surface area contributed by atoms with Gasteiger partial charge in [-0.3, -0.25) is 0 Å². The van der Waals surface area contributed by atoms with Gasteiger partial charge in [-0.15, -0.1) is 0 Å². The first kappa shape index (κ1) is 31.2. The molecule has 0 aliphatic heterocycles.